The van der Waals surface area contributed by atoms with Gasteiger partial charge in [0.15, 0.2) is 0 Å². The number of esters is 1. The van der Waals surface area contributed by atoms with Gasteiger partial charge in [0.2, 0.25) is 0 Å². The Morgan fingerprint density at radius 1 is 1.24 bits per heavy atom. The van der Waals surface area contributed by atoms with Crippen LogP contribution in [0.5, 0.6) is 0 Å². The van der Waals surface area contributed by atoms with Crippen molar-refractivity contribution in [3.63, 3.8) is 0 Å². The molecule has 0 aromatic heterocycles. The number of carbonyl (C=O) groups is 1. The van der Waals surface area contributed by atoms with Crippen LogP contribution in [0.2, 0.25) is 0 Å². The van der Waals surface area contributed by atoms with Crippen LogP contribution in [0, 0.1) is 6.92 Å². The molecule has 0 radical (unpaired) electrons. The summed E-state index contributed by atoms with van der Waals surface area (Å²) in [7, 11) is 0. The molecule has 1 aromatic carbocycles. The minimum absolute atomic E-state index is 0.0143. The van der Waals surface area contributed by atoms with Gasteiger partial charge in [0, 0.05) is 6.42 Å². The van der Waals surface area contributed by atoms with Crippen LogP contribution >= 0.6 is 0 Å². The lowest BCUT2D eigenvalue weighted by atomic mass is 9.80. The summed E-state index contributed by atoms with van der Waals surface area (Å²) < 4.78 is 4.95. The molecule has 0 aliphatic carbocycles. The van der Waals surface area contributed by atoms with E-state index in [1.807, 2.05) is 6.92 Å². The Bertz CT molecular complexity index is 363. The average molecular weight is 234 g/mol. The average Bonchev–Trinajstić information content (AvgIpc) is 2.28. The highest BCUT2D eigenvalue weighted by Crippen LogP contribution is 2.28. The van der Waals surface area contributed by atoms with Gasteiger partial charge in [0.1, 0.15) is 0 Å². The first-order chi connectivity index (χ1) is 7.95. The van der Waals surface area contributed by atoms with Crippen molar-refractivity contribution >= 4 is 5.97 Å². The molecule has 0 N–H and O–H groups in total. The first kappa shape index (κ1) is 13.8. The van der Waals surface area contributed by atoms with E-state index in [1.54, 1.807) is 0 Å². The van der Waals surface area contributed by atoms with Crippen LogP contribution in [-0.4, -0.2) is 12.6 Å². The summed E-state index contributed by atoms with van der Waals surface area (Å²) in [6.07, 6.45) is 1.30. The Balaban J connectivity index is 2.61. The largest absolute Gasteiger partial charge is 0.466 e. The topological polar surface area (TPSA) is 26.3 Å². The van der Waals surface area contributed by atoms with E-state index in [9.17, 15) is 4.79 Å². The number of hydrogen-bond donors (Lipinski definition) is 0. The molecule has 2 heteroatoms. The highest BCUT2D eigenvalue weighted by Gasteiger charge is 2.21. The van der Waals surface area contributed by atoms with E-state index < -0.39 is 0 Å². The van der Waals surface area contributed by atoms with Crippen LogP contribution in [0.1, 0.15) is 44.7 Å². The SMILES string of the molecule is CCOC(=O)CCC(C)(C)c1ccc(C)cc1. The van der Waals surface area contributed by atoms with E-state index in [0.717, 1.165) is 6.42 Å². The van der Waals surface area contributed by atoms with Gasteiger partial charge in [0.25, 0.3) is 0 Å². The van der Waals surface area contributed by atoms with Crippen LogP contribution in [0.3, 0.4) is 0 Å². The molecule has 0 heterocycles. The lowest BCUT2D eigenvalue weighted by Gasteiger charge is -2.25. The summed E-state index contributed by atoms with van der Waals surface area (Å²) in [5.41, 5.74) is 2.54. The van der Waals surface area contributed by atoms with E-state index in [1.165, 1.54) is 11.1 Å². The molecular weight excluding hydrogens is 212 g/mol. The van der Waals surface area contributed by atoms with Gasteiger partial charge in [-0.15, -0.1) is 0 Å². The number of ether oxygens (including phenoxy) is 1. The van der Waals surface area contributed by atoms with Gasteiger partial charge < -0.3 is 4.74 Å². The van der Waals surface area contributed by atoms with E-state index in [0.29, 0.717) is 13.0 Å². The monoisotopic (exact) mass is 234 g/mol. The van der Waals surface area contributed by atoms with Crippen LogP contribution in [-0.2, 0) is 14.9 Å². The van der Waals surface area contributed by atoms with Gasteiger partial charge in [-0.3, -0.25) is 4.79 Å². The van der Waals surface area contributed by atoms with E-state index in [2.05, 4.69) is 45.0 Å². The first-order valence-corrected chi connectivity index (χ1v) is 6.18. The molecule has 2 nitrogen and oxygen atoms in total. The maximum Gasteiger partial charge on any atom is 0.305 e. The third kappa shape index (κ3) is 4.22. The minimum Gasteiger partial charge on any atom is -0.466 e. The summed E-state index contributed by atoms with van der Waals surface area (Å²) in [5.74, 6) is -0.104. The van der Waals surface area contributed by atoms with Crippen LogP contribution in [0.4, 0.5) is 0 Å². The number of aryl methyl sites for hydroxylation is 1. The number of carbonyl (C=O) groups excluding carboxylic acids is 1. The smallest absolute Gasteiger partial charge is 0.305 e. The Hall–Kier alpha value is -1.31. The van der Waals surface area contributed by atoms with E-state index >= 15 is 0 Å². The Kier molecular flexibility index (Phi) is 4.73. The molecule has 0 aliphatic heterocycles. The van der Waals surface area contributed by atoms with Crippen molar-refractivity contribution in [1.82, 2.24) is 0 Å². The summed E-state index contributed by atoms with van der Waals surface area (Å²) in [6.45, 7) is 8.70. The molecule has 0 amide bonds. The number of hydrogen-bond acceptors (Lipinski definition) is 2. The fourth-order valence-corrected chi connectivity index (χ4v) is 1.80. The Morgan fingerprint density at radius 3 is 2.35 bits per heavy atom. The van der Waals surface area contributed by atoms with Crippen molar-refractivity contribution in [2.75, 3.05) is 6.61 Å². The molecule has 0 bridgehead atoms. The number of rotatable bonds is 5. The van der Waals surface area contributed by atoms with Crippen molar-refractivity contribution in [1.29, 1.82) is 0 Å². The van der Waals surface area contributed by atoms with Crippen molar-refractivity contribution in [2.45, 2.75) is 46.0 Å². The standard InChI is InChI=1S/C15H22O2/c1-5-17-14(16)10-11-15(3,4)13-8-6-12(2)7-9-13/h6-9H,5,10-11H2,1-4H3. The quantitative estimate of drug-likeness (QED) is 0.727. The minimum atomic E-state index is -0.104. The van der Waals surface area contributed by atoms with Gasteiger partial charge in [-0.25, -0.2) is 0 Å². The zero-order chi connectivity index (χ0) is 12.9. The van der Waals surface area contributed by atoms with Gasteiger partial charge in [-0.2, -0.15) is 0 Å². The molecule has 0 saturated carbocycles. The van der Waals surface area contributed by atoms with Crippen molar-refractivity contribution in [3.8, 4) is 0 Å². The zero-order valence-electron chi connectivity index (χ0n) is 11.2. The fourth-order valence-electron chi connectivity index (χ4n) is 1.80. The lowest BCUT2D eigenvalue weighted by molar-refractivity contribution is -0.143. The number of benzene rings is 1. The van der Waals surface area contributed by atoms with Gasteiger partial charge in [0.05, 0.1) is 6.61 Å². The van der Waals surface area contributed by atoms with Gasteiger partial charge in [-0.1, -0.05) is 43.7 Å². The molecule has 0 unspecified atom stereocenters. The van der Waals surface area contributed by atoms with Gasteiger partial charge in [-0.05, 0) is 31.2 Å². The van der Waals surface area contributed by atoms with E-state index in [4.69, 9.17) is 4.74 Å². The molecule has 1 aromatic rings. The Labute approximate surface area is 104 Å². The molecule has 0 spiro atoms. The molecule has 0 saturated heterocycles. The molecule has 94 valence electrons. The fraction of sp³-hybridized carbons (Fsp3) is 0.533. The predicted octanol–water partition coefficient (Wildman–Crippen LogP) is 3.62. The third-order valence-corrected chi connectivity index (χ3v) is 3.09. The second-order valence-electron chi connectivity index (χ2n) is 5.05. The van der Waals surface area contributed by atoms with Crippen molar-refractivity contribution < 1.29 is 9.53 Å². The highest BCUT2D eigenvalue weighted by atomic mass is 16.5. The normalized spacial score (nSPS) is 11.3. The zero-order valence-corrected chi connectivity index (χ0v) is 11.2. The maximum absolute atomic E-state index is 11.4. The summed E-state index contributed by atoms with van der Waals surface area (Å²) in [6, 6.07) is 8.50. The van der Waals surface area contributed by atoms with E-state index in [-0.39, 0.29) is 11.4 Å². The molecule has 0 fully saturated rings. The second kappa shape index (κ2) is 5.85. The maximum atomic E-state index is 11.4. The molecule has 0 atom stereocenters. The van der Waals surface area contributed by atoms with Crippen molar-refractivity contribution in [3.05, 3.63) is 35.4 Å². The van der Waals surface area contributed by atoms with Crippen LogP contribution in [0.15, 0.2) is 24.3 Å². The molecule has 17 heavy (non-hydrogen) atoms. The van der Waals surface area contributed by atoms with Crippen molar-refractivity contribution in [2.24, 2.45) is 0 Å². The lowest BCUT2D eigenvalue weighted by Crippen LogP contribution is -2.19. The van der Waals surface area contributed by atoms with Gasteiger partial charge >= 0.3 is 5.97 Å². The molecule has 1 rings (SSSR count). The molecular formula is C15H22O2. The molecule has 0 aliphatic rings. The predicted molar refractivity (Wildman–Crippen MR) is 70.1 cm³/mol. The van der Waals surface area contributed by atoms with Crippen LogP contribution < -0.4 is 0 Å². The Morgan fingerprint density at radius 2 is 1.82 bits per heavy atom. The highest BCUT2D eigenvalue weighted by molar-refractivity contribution is 5.69. The summed E-state index contributed by atoms with van der Waals surface area (Å²) in [5, 5.41) is 0. The van der Waals surface area contributed by atoms with Crippen LogP contribution in [0.25, 0.3) is 0 Å². The first-order valence-electron chi connectivity index (χ1n) is 6.18. The third-order valence-electron chi connectivity index (χ3n) is 3.09. The second-order valence-corrected chi connectivity index (χ2v) is 5.05. The summed E-state index contributed by atoms with van der Waals surface area (Å²) in [4.78, 5) is 11.4. The summed E-state index contributed by atoms with van der Waals surface area (Å²) >= 11 is 0.